The third-order valence-corrected chi connectivity index (χ3v) is 3.74. The first-order valence-corrected chi connectivity index (χ1v) is 6.55. The topological polar surface area (TPSA) is 41.1 Å². The Kier molecular flexibility index (Phi) is 4.25. The van der Waals surface area contributed by atoms with E-state index in [1.54, 1.807) is 0 Å². The zero-order valence-electron chi connectivity index (χ0n) is 10.7. The van der Waals surface area contributed by atoms with Crippen LogP contribution in [-0.4, -0.2) is 19.0 Å². The minimum absolute atomic E-state index is 0.0758. The summed E-state index contributed by atoms with van der Waals surface area (Å²) in [5, 5.41) is 5.24. The maximum absolute atomic E-state index is 12.9. The largest absolute Gasteiger partial charge is 0.418 e. The number of halogens is 4. The van der Waals surface area contributed by atoms with E-state index in [0.29, 0.717) is 13.1 Å². The van der Waals surface area contributed by atoms with Crippen molar-refractivity contribution in [3.8, 4) is 0 Å². The second kappa shape index (κ2) is 5.61. The zero-order chi connectivity index (χ0) is 14.9. The maximum atomic E-state index is 12.9. The fourth-order valence-electron chi connectivity index (χ4n) is 2.26. The van der Waals surface area contributed by atoms with E-state index in [1.165, 1.54) is 12.1 Å². The molecule has 0 spiro atoms. The quantitative estimate of drug-likeness (QED) is 0.881. The van der Waals surface area contributed by atoms with Crippen LogP contribution in [0.15, 0.2) is 18.2 Å². The summed E-state index contributed by atoms with van der Waals surface area (Å²) < 4.78 is 38.7. The lowest BCUT2D eigenvalue weighted by Crippen LogP contribution is -2.29. The summed E-state index contributed by atoms with van der Waals surface area (Å²) >= 11 is 5.79. The summed E-state index contributed by atoms with van der Waals surface area (Å²) in [4.78, 5) is 12.1. The van der Waals surface area contributed by atoms with Crippen LogP contribution in [0.1, 0.15) is 12.5 Å². The molecule has 1 amide bonds. The SMILES string of the molecule is C[C@@H]1CNC[C@H]1C(=O)Nc1c(Cl)cccc1C(F)(F)F. The molecule has 110 valence electrons. The average molecular weight is 307 g/mol. The standard InChI is InChI=1S/C13H14ClF3N2O/c1-7-5-18-6-8(7)12(20)19-11-9(13(15,16)17)3-2-4-10(11)14/h2-4,7-8,18H,5-6H2,1H3,(H,19,20)/t7-,8-/m1/s1. The predicted molar refractivity (Wildman–Crippen MR) is 70.6 cm³/mol. The lowest BCUT2D eigenvalue weighted by molar-refractivity contribution is -0.137. The van der Waals surface area contributed by atoms with Gasteiger partial charge in [-0.1, -0.05) is 24.6 Å². The molecule has 1 aliphatic rings. The van der Waals surface area contributed by atoms with Crippen LogP contribution in [-0.2, 0) is 11.0 Å². The van der Waals surface area contributed by atoms with E-state index < -0.39 is 17.6 Å². The fourth-order valence-corrected chi connectivity index (χ4v) is 2.49. The Morgan fingerprint density at radius 2 is 2.10 bits per heavy atom. The van der Waals surface area contributed by atoms with Crippen LogP contribution in [0, 0.1) is 11.8 Å². The molecule has 0 bridgehead atoms. The van der Waals surface area contributed by atoms with Gasteiger partial charge < -0.3 is 10.6 Å². The molecule has 0 radical (unpaired) electrons. The van der Waals surface area contributed by atoms with E-state index >= 15 is 0 Å². The van der Waals surface area contributed by atoms with E-state index in [0.717, 1.165) is 6.07 Å². The van der Waals surface area contributed by atoms with Gasteiger partial charge in [-0.25, -0.2) is 0 Å². The molecule has 20 heavy (non-hydrogen) atoms. The van der Waals surface area contributed by atoms with Gasteiger partial charge in [-0.3, -0.25) is 4.79 Å². The fraction of sp³-hybridized carbons (Fsp3) is 0.462. The summed E-state index contributed by atoms with van der Waals surface area (Å²) in [5.74, 6) is -0.722. The van der Waals surface area contributed by atoms with E-state index in [4.69, 9.17) is 11.6 Å². The third-order valence-electron chi connectivity index (χ3n) is 3.42. The minimum atomic E-state index is -4.56. The van der Waals surface area contributed by atoms with Crippen molar-refractivity contribution >= 4 is 23.2 Å². The Morgan fingerprint density at radius 1 is 1.40 bits per heavy atom. The normalized spacial score (nSPS) is 22.9. The monoisotopic (exact) mass is 306 g/mol. The predicted octanol–water partition coefficient (Wildman–Crippen LogP) is 3.15. The molecule has 2 rings (SSSR count). The Labute approximate surface area is 119 Å². The molecular formula is C13H14ClF3N2O. The van der Waals surface area contributed by atoms with Crippen LogP contribution >= 0.6 is 11.6 Å². The first-order valence-electron chi connectivity index (χ1n) is 6.18. The molecule has 1 aliphatic heterocycles. The molecule has 1 aromatic rings. The molecule has 3 nitrogen and oxygen atoms in total. The van der Waals surface area contributed by atoms with Gasteiger partial charge in [-0.2, -0.15) is 13.2 Å². The Balaban J connectivity index is 2.27. The van der Waals surface area contributed by atoms with Gasteiger partial charge in [0.15, 0.2) is 0 Å². The summed E-state index contributed by atoms with van der Waals surface area (Å²) in [6.45, 7) is 3.01. The molecule has 1 aromatic carbocycles. The molecule has 2 atom stereocenters. The number of hydrogen-bond acceptors (Lipinski definition) is 2. The van der Waals surface area contributed by atoms with Crippen LogP contribution in [0.25, 0.3) is 0 Å². The highest BCUT2D eigenvalue weighted by Gasteiger charge is 2.36. The van der Waals surface area contributed by atoms with Crippen molar-refractivity contribution in [1.29, 1.82) is 0 Å². The van der Waals surface area contributed by atoms with E-state index in [9.17, 15) is 18.0 Å². The van der Waals surface area contributed by atoms with Crippen LogP contribution in [0.4, 0.5) is 18.9 Å². The van der Waals surface area contributed by atoms with E-state index in [-0.39, 0.29) is 22.5 Å². The lowest BCUT2D eigenvalue weighted by Gasteiger charge is -2.18. The smallest absolute Gasteiger partial charge is 0.324 e. The van der Waals surface area contributed by atoms with Crippen LogP contribution in [0.3, 0.4) is 0 Å². The summed E-state index contributed by atoms with van der Waals surface area (Å²) in [6, 6.07) is 3.43. The number of nitrogens with one attached hydrogen (secondary N) is 2. The molecule has 0 unspecified atom stereocenters. The highest BCUT2D eigenvalue weighted by Crippen LogP contribution is 2.38. The Hall–Kier alpha value is -1.27. The van der Waals surface area contributed by atoms with Gasteiger partial charge in [0.25, 0.3) is 0 Å². The average Bonchev–Trinajstić information content (AvgIpc) is 2.76. The highest BCUT2D eigenvalue weighted by molar-refractivity contribution is 6.34. The van der Waals surface area contributed by atoms with Crippen molar-refractivity contribution in [2.45, 2.75) is 13.1 Å². The van der Waals surface area contributed by atoms with Gasteiger partial charge in [0.1, 0.15) is 0 Å². The Bertz CT molecular complexity index is 519. The van der Waals surface area contributed by atoms with Crippen LogP contribution in [0.2, 0.25) is 5.02 Å². The number of para-hydroxylation sites is 1. The number of anilines is 1. The molecule has 0 aliphatic carbocycles. The first-order chi connectivity index (χ1) is 9.30. The van der Waals surface area contributed by atoms with E-state index in [2.05, 4.69) is 10.6 Å². The highest BCUT2D eigenvalue weighted by atomic mass is 35.5. The van der Waals surface area contributed by atoms with Gasteiger partial charge in [0.2, 0.25) is 5.91 Å². The minimum Gasteiger partial charge on any atom is -0.324 e. The van der Waals surface area contributed by atoms with Gasteiger partial charge in [0.05, 0.1) is 22.2 Å². The first kappa shape index (κ1) is 15.1. The number of benzene rings is 1. The zero-order valence-corrected chi connectivity index (χ0v) is 11.5. The second-order valence-electron chi connectivity index (χ2n) is 4.89. The maximum Gasteiger partial charge on any atom is 0.418 e. The number of amides is 1. The number of rotatable bonds is 2. The van der Waals surface area contributed by atoms with Crippen LogP contribution in [0.5, 0.6) is 0 Å². The Morgan fingerprint density at radius 3 is 2.65 bits per heavy atom. The molecule has 0 saturated carbocycles. The second-order valence-corrected chi connectivity index (χ2v) is 5.30. The molecule has 1 heterocycles. The molecule has 1 saturated heterocycles. The third kappa shape index (κ3) is 3.07. The molecular weight excluding hydrogens is 293 g/mol. The number of alkyl halides is 3. The molecule has 7 heteroatoms. The van der Waals surface area contributed by atoms with Crippen molar-refractivity contribution < 1.29 is 18.0 Å². The van der Waals surface area contributed by atoms with Crippen molar-refractivity contribution in [3.05, 3.63) is 28.8 Å². The summed E-state index contributed by atoms with van der Waals surface area (Å²) in [7, 11) is 0. The van der Waals surface area contributed by atoms with Gasteiger partial charge in [0, 0.05) is 6.54 Å². The summed E-state index contributed by atoms with van der Waals surface area (Å²) in [5.41, 5.74) is -1.30. The summed E-state index contributed by atoms with van der Waals surface area (Å²) in [6.07, 6.45) is -4.56. The van der Waals surface area contributed by atoms with Crippen molar-refractivity contribution in [3.63, 3.8) is 0 Å². The molecule has 2 N–H and O–H groups in total. The van der Waals surface area contributed by atoms with Crippen LogP contribution < -0.4 is 10.6 Å². The van der Waals surface area contributed by atoms with Crippen molar-refractivity contribution in [2.75, 3.05) is 18.4 Å². The van der Waals surface area contributed by atoms with Gasteiger partial charge in [-0.05, 0) is 24.6 Å². The van der Waals surface area contributed by atoms with Gasteiger partial charge >= 0.3 is 6.18 Å². The molecule has 0 aromatic heterocycles. The number of hydrogen-bond donors (Lipinski definition) is 2. The number of carbonyl (C=O) groups excluding carboxylic acids is 1. The molecule has 1 fully saturated rings. The van der Waals surface area contributed by atoms with Crippen molar-refractivity contribution in [1.82, 2.24) is 5.32 Å². The number of carbonyl (C=O) groups is 1. The van der Waals surface area contributed by atoms with Gasteiger partial charge in [-0.15, -0.1) is 0 Å². The van der Waals surface area contributed by atoms with Crippen molar-refractivity contribution in [2.24, 2.45) is 11.8 Å². The lowest BCUT2D eigenvalue weighted by atomic mass is 9.97. The van der Waals surface area contributed by atoms with E-state index in [1.807, 2.05) is 6.92 Å².